The van der Waals surface area contributed by atoms with Gasteiger partial charge in [0.25, 0.3) is 0 Å². The lowest BCUT2D eigenvalue weighted by Gasteiger charge is -2.30. The third kappa shape index (κ3) is 3.91. The number of fused-ring (bicyclic) bond motifs is 1. The van der Waals surface area contributed by atoms with E-state index in [0.29, 0.717) is 12.5 Å². The van der Waals surface area contributed by atoms with Crippen LogP contribution in [0.3, 0.4) is 0 Å². The number of hydrogen-bond acceptors (Lipinski definition) is 2. The number of likely N-dealkylation sites (tertiary alicyclic amines) is 1. The van der Waals surface area contributed by atoms with Crippen molar-refractivity contribution in [3.05, 3.63) is 48.0 Å². The van der Waals surface area contributed by atoms with E-state index in [1.807, 2.05) is 6.07 Å². The topological polar surface area (TPSA) is 32.3 Å². The van der Waals surface area contributed by atoms with Gasteiger partial charge in [-0.05, 0) is 48.6 Å². The molecule has 0 saturated carbocycles. The number of hydrogen-bond donors (Lipinski definition) is 1. The Balaban J connectivity index is 1.66. The highest BCUT2D eigenvalue weighted by Crippen LogP contribution is 2.24. The number of rotatable bonds is 4. The van der Waals surface area contributed by atoms with Gasteiger partial charge >= 0.3 is 0 Å². The van der Waals surface area contributed by atoms with Crippen LogP contribution in [0.2, 0.25) is 0 Å². The first-order chi connectivity index (χ1) is 11.1. The number of benzene rings is 2. The summed E-state index contributed by atoms with van der Waals surface area (Å²) >= 11 is 0. The smallest absolute Gasteiger partial charge is 0.234 e. The molecule has 2 unspecified atom stereocenters. The molecule has 1 saturated heterocycles. The molecule has 0 radical (unpaired) electrons. The molecule has 1 aliphatic rings. The molecule has 3 heteroatoms. The summed E-state index contributed by atoms with van der Waals surface area (Å²) < 4.78 is 0. The Morgan fingerprint density at radius 2 is 2.04 bits per heavy atom. The predicted octanol–water partition coefficient (Wildman–Crippen LogP) is 3.75. The average molecular weight is 310 g/mol. The SMILES string of the molecule is CC1CCCN(CC(=O)NC(C)c2cccc3ccccc23)C1. The Hall–Kier alpha value is -1.87. The maximum absolute atomic E-state index is 12.4. The molecule has 0 bridgehead atoms. The standard InChI is InChI=1S/C20H26N2O/c1-15-7-6-12-22(13-15)14-20(23)21-16(2)18-11-5-9-17-8-3-4-10-19(17)18/h3-5,8-11,15-16H,6-7,12-14H2,1-2H3,(H,21,23). The van der Waals surface area contributed by atoms with Crippen molar-refractivity contribution < 1.29 is 4.79 Å². The zero-order valence-corrected chi connectivity index (χ0v) is 14.1. The molecule has 1 amide bonds. The van der Waals surface area contributed by atoms with Crippen LogP contribution in [0, 0.1) is 5.92 Å². The van der Waals surface area contributed by atoms with Crippen LogP contribution in [0.15, 0.2) is 42.5 Å². The van der Waals surface area contributed by atoms with Crippen molar-refractivity contribution in [2.45, 2.75) is 32.7 Å². The summed E-state index contributed by atoms with van der Waals surface area (Å²) in [5, 5.41) is 5.61. The molecule has 2 atom stereocenters. The minimum atomic E-state index is 0.0239. The molecule has 23 heavy (non-hydrogen) atoms. The number of carbonyl (C=O) groups excluding carboxylic acids is 1. The van der Waals surface area contributed by atoms with Crippen LogP contribution in [0.4, 0.5) is 0 Å². The first-order valence-corrected chi connectivity index (χ1v) is 8.63. The number of amides is 1. The van der Waals surface area contributed by atoms with E-state index in [2.05, 4.69) is 60.5 Å². The van der Waals surface area contributed by atoms with Crippen molar-refractivity contribution in [2.24, 2.45) is 5.92 Å². The van der Waals surface area contributed by atoms with Gasteiger partial charge < -0.3 is 5.32 Å². The molecule has 0 spiro atoms. The van der Waals surface area contributed by atoms with Gasteiger partial charge in [0.2, 0.25) is 5.91 Å². The molecule has 1 aliphatic heterocycles. The van der Waals surface area contributed by atoms with E-state index in [1.54, 1.807) is 0 Å². The van der Waals surface area contributed by atoms with Crippen molar-refractivity contribution in [3.8, 4) is 0 Å². The molecule has 1 heterocycles. The zero-order valence-electron chi connectivity index (χ0n) is 14.1. The lowest BCUT2D eigenvalue weighted by Crippen LogP contribution is -2.42. The second-order valence-corrected chi connectivity index (χ2v) is 6.84. The van der Waals surface area contributed by atoms with Crippen LogP contribution >= 0.6 is 0 Å². The van der Waals surface area contributed by atoms with Gasteiger partial charge in [-0.15, -0.1) is 0 Å². The lowest BCUT2D eigenvalue weighted by molar-refractivity contribution is -0.123. The van der Waals surface area contributed by atoms with Gasteiger partial charge in [0.15, 0.2) is 0 Å². The van der Waals surface area contributed by atoms with E-state index in [4.69, 9.17) is 0 Å². The quantitative estimate of drug-likeness (QED) is 0.933. The second kappa shape index (κ2) is 7.14. The third-order valence-electron chi connectivity index (χ3n) is 4.78. The first-order valence-electron chi connectivity index (χ1n) is 8.63. The van der Waals surface area contributed by atoms with Crippen LogP contribution in [-0.4, -0.2) is 30.4 Å². The Morgan fingerprint density at radius 1 is 1.26 bits per heavy atom. The van der Waals surface area contributed by atoms with E-state index < -0.39 is 0 Å². The molecule has 2 aromatic carbocycles. The Bertz CT molecular complexity index is 677. The second-order valence-electron chi connectivity index (χ2n) is 6.84. The van der Waals surface area contributed by atoms with E-state index in [9.17, 15) is 4.79 Å². The molecule has 2 aromatic rings. The number of piperidine rings is 1. The predicted molar refractivity (Wildman–Crippen MR) is 95.3 cm³/mol. The van der Waals surface area contributed by atoms with Crippen LogP contribution < -0.4 is 5.32 Å². The zero-order chi connectivity index (χ0) is 16.2. The van der Waals surface area contributed by atoms with Gasteiger partial charge in [-0.25, -0.2) is 0 Å². The van der Waals surface area contributed by atoms with Crippen LogP contribution in [0.1, 0.15) is 38.3 Å². The maximum Gasteiger partial charge on any atom is 0.234 e. The van der Waals surface area contributed by atoms with Gasteiger partial charge in [0, 0.05) is 6.54 Å². The monoisotopic (exact) mass is 310 g/mol. The van der Waals surface area contributed by atoms with Gasteiger partial charge in [0.05, 0.1) is 12.6 Å². The van der Waals surface area contributed by atoms with E-state index in [-0.39, 0.29) is 11.9 Å². The molecular formula is C20H26N2O. The van der Waals surface area contributed by atoms with Crippen molar-refractivity contribution in [1.82, 2.24) is 10.2 Å². The highest BCUT2D eigenvalue weighted by Gasteiger charge is 2.19. The van der Waals surface area contributed by atoms with E-state index in [0.717, 1.165) is 13.1 Å². The summed E-state index contributed by atoms with van der Waals surface area (Å²) in [6.07, 6.45) is 2.48. The summed E-state index contributed by atoms with van der Waals surface area (Å²) in [4.78, 5) is 14.7. The van der Waals surface area contributed by atoms with E-state index >= 15 is 0 Å². The van der Waals surface area contributed by atoms with Gasteiger partial charge in [-0.1, -0.05) is 49.4 Å². The first kappa shape index (κ1) is 16.0. The summed E-state index contributed by atoms with van der Waals surface area (Å²) in [7, 11) is 0. The van der Waals surface area contributed by atoms with Gasteiger partial charge in [0.1, 0.15) is 0 Å². The minimum Gasteiger partial charge on any atom is -0.348 e. The van der Waals surface area contributed by atoms with Crippen molar-refractivity contribution in [1.29, 1.82) is 0 Å². The average Bonchev–Trinajstić information content (AvgIpc) is 2.54. The molecule has 1 fully saturated rings. The molecule has 3 rings (SSSR count). The number of carbonyl (C=O) groups is 1. The molecule has 0 aromatic heterocycles. The molecule has 1 N–H and O–H groups in total. The number of nitrogens with one attached hydrogen (secondary N) is 1. The van der Waals surface area contributed by atoms with Gasteiger partial charge in [-0.3, -0.25) is 9.69 Å². The van der Waals surface area contributed by atoms with Crippen molar-refractivity contribution in [2.75, 3.05) is 19.6 Å². The van der Waals surface area contributed by atoms with Crippen LogP contribution in [0.5, 0.6) is 0 Å². The highest BCUT2D eigenvalue weighted by atomic mass is 16.2. The fourth-order valence-electron chi connectivity index (χ4n) is 3.63. The summed E-state index contributed by atoms with van der Waals surface area (Å²) in [5.74, 6) is 0.826. The third-order valence-corrected chi connectivity index (χ3v) is 4.78. The maximum atomic E-state index is 12.4. The molecule has 0 aliphatic carbocycles. The highest BCUT2D eigenvalue weighted by molar-refractivity contribution is 5.87. The Morgan fingerprint density at radius 3 is 2.87 bits per heavy atom. The fraction of sp³-hybridized carbons (Fsp3) is 0.450. The minimum absolute atomic E-state index is 0.0239. The fourth-order valence-corrected chi connectivity index (χ4v) is 3.63. The van der Waals surface area contributed by atoms with Crippen molar-refractivity contribution in [3.63, 3.8) is 0 Å². The molecule has 122 valence electrons. The van der Waals surface area contributed by atoms with Crippen molar-refractivity contribution >= 4 is 16.7 Å². The summed E-state index contributed by atoms with van der Waals surface area (Å²) in [5.41, 5.74) is 1.18. The van der Waals surface area contributed by atoms with Crippen LogP contribution in [-0.2, 0) is 4.79 Å². The molecule has 3 nitrogen and oxygen atoms in total. The van der Waals surface area contributed by atoms with E-state index in [1.165, 1.54) is 29.2 Å². The Labute approximate surface area is 138 Å². The largest absolute Gasteiger partial charge is 0.348 e. The summed E-state index contributed by atoms with van der Waals surface area (Å²) in [6, 6.07) is 14.6. The Kier molecular flexibility index (Phi) is 4.97. The molecular weight excluding hydrogens is 284 g/mol. The lowest BCUT2D eigenvalue weighted by atomic mass is 9.99. The van der Waals surface area contributed by atoms with Gasteiger partial charge in [-0.2, -0.15) is 0 Å². The number of nitrogens with zero attached hydrogens (tertiary/aromatic N) is 1. The normalized spacial score (nSPS) is 20.3. The van der Waals surface area contributed by atoms with Crippen LogP contribution in [0.25, 0.3) is 10.8 Å². The summed E-state index contributed by atoms with van der Waals surface area (Å²) in [6.45, 7) is 6.93.